The van der Waals surface area contributed by atoms with Gasteiger partial charge in [0.15, 0.2) is 5.78 Å². The molecule has 38 heavy (non-hydrogen) atoms. The summed E-state index contributed by atoms with van der Waals surface area (Å²) in [6, 6.07) is 14.3. The zero-order valence-electron chi connectivity index (χ0n) is 21.3. The van der Waals surface area contributed by atoms with Crippen LogP contribution < -0.4 is 21.1 Å². The molecule has 1 aromatic heterocycles. The van der Waals surface area contributed by atoms with Gasteiger partial charge in [-0.05, 0) is 60.9 Å². The Morgan fingerprint density at radius 1 is 1.11 bits per heavy atom. The smallest absolute Gasteiger partial charge is 0.240 e. The molecule has 1 saturated heterocycles. The molecule has 1 aliphatic heterocycles. The Hall–Kier alpha value is -4.14. The van der Waals surface area contributed by atoms with E-state index in [0.717, 1.165) is 22.0 Å². The first-order chi connectivity index (χ1) is 18.3. The molecule has 9 nitrogen and oxygen atoms in total. The normalized spacial score (nSPS) is 18.6. The van der Waals surface area contributed by atoms with Crippen molar-refractivity contribution in [1.82, 2.24) is 15.6 Å². The first-order valence-electron chi connectivity index (χ1n) is 13.0. The molecule has 0 spiro atoms. The minimum Gasteiger partial charge on any atom is -0.496 e. The van der Waals surface area contributed by atoms with Gasteiger partial charge in [0.1, 0.15) is 11.8 Å². The lowest BCUT2D eigenvalue weighted by molar-refractivity contribution is -0.132. The van der Waals surface area contributed by atoms with E-state index in [9.17, 15) is 19.2 Å². The molecule has 198 valence electrons. The third-order valence-corrected chi connectivity index (χ3v) is 7.88. The second-order valence-electron chi connectivity index (χ2n) is 10.3. The Bertz CT molecular complexity index is 1370. The minimum atomic E-state index is -0.991. The van der Waals surface area contributed by atoms with Crippen molar-refractivity contribution >= 4 is 34.4 Å². The molecule has 5 rings (SSSR count). The number of H-pyrrole nitrogens is 1. The Kier molecular flexibility index (Phi) is 7.18. The van der Waals surface area contributed by atoms with E-state index in [4.69, 9.17) is 10.5 Å². The largest absolute Gasteiger partial charge is 0.496 e. The number of ether oxygens (including phenoxy) is 1. The molecule has 9 heteroatoms. The van der Waals surface area contributed by atoms with E-state index in [1.807, 2.05) is 42.5 Å². The summed E-state index contributed by atoms with van der Waals surface area (Å²) in [5, 5.41) is 6.33. The molecule has 0 unspecified atom stereocenters. The van der Waals surface area contributed by atoms with Gasteiger partial charge < -0.3 is 26.1 Å². The predicted molar refractivity (Wildman–Crippen MR) is 141 cm³/mol. The molecular formula is C29H32N4O5. The number of ketones is 1. The number of carbonyl (C=O) groups is 4. The molecule has 1 fully saturated rings. The number of amides is 3. The maximum Gasteiger partial charge on any atom is 0.240 e. The molecule has 2 aromatic carbocycles. The van der Waals surface area contributed by atoms with Gasteiger partial charge in [0.2, 0.25) is 17.7 Å². The van der Waals surface area contributed by atoms with E-state index in [1.165, 1.54) is 0 Å². The maximum absolute atomic E-state index is 13.7. The van der Waals surface area contributed by atoms with Crippen molar-refractivity contribution in [2.45, 2.75) is 38.1 Å². The van der Waals surface area contributed by atoms with Gasteiger partial charge in [-0.3, -0.25) is 19.2 Å². The molecule has 3 amide bonds. The Labute approximate surface area is 220 Å². The number of primary amides is 1. The van der Waals surface area contributed by atoms with Crippen molar-refractivity contribution in [2.24, 2.45) is 23.5 Å². The lowest BCUT2D eigenvalue weighted by Crippen LogP contribution is -2.49. The molecule has 0 saturated carbocycles. The van der Waals surface area contributed by atoms with E-state index in [2.05, 4.69) is 15.6 Å². The van der Waals surface area contributed by atoms with Gasteiger partial charge in [0, 0.05) is 35.7 Å². The summed E-state index contributed by atoms with van der Waals surface area (Å²) in [7, 11) is 1.58. The number of aromatic nitrogens is 1. The highest BCUT2D eigenvalue weighted by Crippen LogP contribution is 2.35. The maximum atomic E-state index is 13.7. The summed E-state index contributed by atoms with van der Waals surface area (Å²) in [5.74, 6) is -1.96. The number of fused-ring (bicyclic) bond motifs is 2. The molecule has 3 atom stereocenters. The fourth-order valence-corrected chi connectivity index (χ4v) is 5.80. The van der Waals surface area contributed by atoms with Crippen LogP contribution in [0.25, 0.3) is 10.9 Å². The quantitative estimate of drug-likeness (QED) is 0.306. The molecule has 2 aliphatic rings. The van der Waals surface area contributed by atoms with Crippen molar-refractivity contribution in [3.8, 4) is 5.75 Å². The number of methoxy groups -OCH3 is 1. The number of hydrogen-bond donors (Lipinski definition) is 4. The molecule has 0 bridgehead atoms. The second kappa shape index (κ2) is 10.7. The monoisotopic (exact) mass is 516 g/mol. The van der Waals surface area contributed by atoms with Crippen LogP contribution in [0.3, 0.4) is 0 Å². The summed E-state index contributed by atoms with van der Waals surface area (Å²) in [6.45, 7) is 0.537. The van der Waals surface area contributed by atoms with Crippen LogP contribution in [0.5, 0.6) is 5.75 Å². The predicted octanol–water partition coefficient (Wildman–Crippen LogP) is 2.28. The minimum absolute atomic E-state index is 0.0327. The van der Waals surface area contributed by atoms with Crippen molar-refractivity contribution in [3.05, 3.63) is 65.4 Å². The highest BCUT2D eigenvalue weighted by atomic mass is 16.5. The van der Waals surface area contributed by atoms with Crippen molar-refractivity contribution < 1.29 is 23.9 Å². The number of Topliss-reactive ketones (excluding diaryl/α,β-unsaturated/α-hetero) is 1. The zero-order valence-corrected chi connectivity index (χ0v) is 21.3. The van der Waals surface area contributed by atoms with Crippen LogP contribution in [0, 0.1) is 17.8 Å². The first kappa shape index (κ1) is 25.5. The fraction of sp³-hybridized carbons (Fsp3) is 0.379. The lowest BCUT2D eigenvalue weighted by Gasteiger charge is -2.25. The third-order valence-electron chi connectivity index (χ3n) is 7.88. The first-order valence-corrected chi connectivity index (χ1v) is 13.0. The molecule has 1 aliphatic carbocycles. The van der Waals surface area contributed by atoms with Gasteiger partial charge in [-0.1, -0.05) is 30.3 Å². The summed E-state index contributed by atoms with van der Waals surface area (Å²) < 4.78 is 5.42. The summed E-state index contributed by atoms with van der Waals surface area (Å²) in [6.07, 6.45) is 2.01. The Morgan fingerprint density at radius 2 is 1.84 bits per heavy atom. The lowest BCUT2D eigenvalue weighted by atomic mass is 9.84. The van der Waals surface area contributed by atoms with Gasteiger partial charge in [0.05, 0.1) is 12.8 Å². The van der Waals surface area contributed by atoms with E-state index < -0.39 is 23.8 Å². The SMILES string of the molecule is COc1cccc2[nH]c(C(=O)C[C@H](C(=O)N[C@@H](C[C@@H]3CCNC3=O)C(N)=O)C3Cc4ccccc4C3)cc12. The molecule has 3 aromatic rings. The van der Waals surface area contributed by atoms with E-state index in [0.29, 0.717) is 37.3 Å². The van der Waals surface area contributed by atoms with Gasteiger partial charge in [-0.15, -0.1) is 0 Å². The summed E-state index contributed by atoms with van der Waals surface area (Å²) in [4.78, 5) is 54.7. The van der Waals surface area contributed by atoms with Gasteiger partial charge in [0.25, 0.3) is 0 Å². The Morgan fingerprint density at radius 3 is 2.47 bits per heavy atom. The van der Waals surface area contributed by atoms with Crippen LogP contribution in [0.4, 0.5) is 0 Å². The molecule has 2 heterocycles. The average molecular weight is 517 g/mol. The Balaban J connectivity index is 1.38. The number of hydrogen-bond acceptors (Lipinski definition) is 5. The molecule has 5 N–H and O–H groups in total. The average Bonchev–Trinajstić information content (AvgIpc) is 3.64. The zero-order chi connectivity index (χ0) is 26.8. The van der Waals surface area contributed by atoms with Crippen LogP contribution in [0.2, 0.25) is 0 Å². The van der Waals surface area contributed by atoms with Crippen LogP contribution in [0.1, 0.15) is 40.9 Å². The van der Waals surface area contributed by atoms with Gasteiger partial charge in [-0.25, -0.2) is 0 Å². The fourth-order valence-electron chi connectivity index (χ4n) is 5.80. The van der Waals surface area contributed by atoms with E-state index in [-0.39, 0.29) is 36.4 Å². The standard InChI is InChI=1S/C29H32N4O5/c1-38-26-8-4-7-22-21(26)14-23(32-22)25(34)15-20(19-11-16-5-2-3-6-17(16)12-19)29(37)33-24(27(30)35)13-18-9-10-31-28(18)36/h2-8,14,18-20,24,32H,9-13,15H2,1H3,(H2,30,35)(H,31,36)(H,33,37)/t18-,20-,24-/m0/s1. The van der Waals surface area contributed by atoms with Crippen LogP contribution in [-0.2, 0) is 27.2 Å². The van der Waals surface area contributed by atoms with Crippen LogP contribution in [-0.4, -0.2) is 48.2 Å². The van der Waals surface area contributed by atoms with E-state index >= 15 is 0 Å². The number of nitrogens with two attached hydrogens (primary N) is 1. The number of aromatic amines is 1. The van der Waals surface area contributed by atoms with Crippen LogP contribution >= 0.6 is 0 Å². The number of nitrogens with one attached hydrogen (secondary N) is 3. The topological polar surface area (TPSA) is 143 Å². The van der Waals surface area contributed by atoms with Crippen molar-refractivity contribution in [2.75, 3.05) is 13.7 Å². The number of carbonyl (C=O) groups excluding carboxylic acids is 4. The molecule has 0 radical (unpaired) electrons. The highest BCUT2D eigenvalue weighted by Gasteiger charge is 2.37. The van der Waals surface area contributed by atoms with Gasteiger partial charge >= 0.3 is 0 Å². The van der Waals surface area contributed by atoms with E-state index in [1.54, 1.807) is 13.2 Å². The number of benzene rings is 2. The molecular weight excluding hydrogens is 484 g/mol. The summed E-state index contributed by atoms with van der Waals surface area (Å²) >= 11 is 0. The van der Waals surface area contributed by atoms with Crippen molar-refractivity contribution in [3.63, 3.8) is 0 Å². The van der Waals surface area contributed by atoms with Crippen molar-refractivity contribution in [1.29, 1.82) is 0 Å². The van der Waals surface area contributed by atoms with Crippen LogP contribution in [0.15, 0.2) is 48.5 Å². The summed E-state index contributed by atoms with van der Waals surface area (Å²) in [5.41, 5.74) is 9.11. The third kappa shape index (κ3) is 5.14. The highest BCUT2D eigenvalue weighted by molar-refractivity contribution is 6.02. The van der Waals surface area contributed by atoms with Gasteiger partial charge in [-0.2, -0.15) is 0 Å². The second-order valence-corrected chi connectivity index (χ2v) is 10.3. The number of rotatable bonds is 10.